The Bertz CT molecular complexity index is 1860. The molecule has 282 valence electrons. The van der Waals surface area contributed by atoms with Gasteiger partial charge < -0.3 is 54.7 Å². The van der Waals surface area contributed by atoms with Gasteiger partial charge in [-0.1, -0.05) is 36.4 Å². The van der Waals surface area contributed by atoms with Gasteiger partial charge in [-0.2, -0.15) is 5.26 Å². The summed E-state index contributed by atoms with van der Waals surface area (Å²) in [7, 11) is 1.95. The van der Waals surface area contributed by atoms with Crippen LogP contribution in [0.2, 0.25) is 0 Å². The summed E-state index contributed by atoms with van der Waals surface area (Å²) < 4.78 is 24.3. The van der Waals surface area contributed by atoms with E-state index in [0.29, 0.717) is 56.5 Å². The van der Waals surface area contributed by atoms with Gasteiger partial charge in [0.15, 0.2) is 11.5 Å². The third-order valence-electron chi connectivity index (χ3n) is 9.28. The molecule has 0 aliphatic carbocycles. The largest absolute Gasteiger partial charge is 0.488 e. The predicted octanol–water partition coefficient (Wildman–Crippen LogP) is 3.23. The fourth-order valence-electron chi connectivity index (χ4n) is 6.13. The number of nitrogens with zero attached hydrogens (tertiary/aromatic N) is 2. The van der Waals surface area contributed by atoms with E-state index in [4.69, 9.17) is 24.1 Å². The fraction of sp³-hybridized carbons (Fsp3) is 0.390. The molecule has 1 aliphatic heterocycles. The van der Waals surface area contributed by atoms with Crippen LogP contribution in [-0.4, -0.2) is 101 Å². The van der Waals surface area contributed by atoms with Gasteiger partial charge in [-0.25, -0.2) is 0 Å². The van der Waals surface area contributed by atoms with Crippen molar-refractivity contribution < 1.29 is 44.5 Å². The number of aryl methyl sites for hydroxylation is 1. The van der Waals surface area contributed by atoms with Crippen LogP contribution >= 0.6 is 0 Å². The van der Waals surface area contributed by atoms with Crippen LogP contribution in [0.3, 0.4) is 0 Å². The van der Waals surface area contributed by atoms with Crippen molar-refractivity contribution in [3.63, 3.8) is 0 Å². The van der Waals surface area contributed by atoms with E-state index in [1.807, 2.05) is 62.5 Å². The van der Waals surface area contributed by atoms with Crippen LogP contribution in [0.4, 0.5) is 0 Å². The highest BCUT2D eigenvalue weighted by molar-refractivity contribution is 5.71. The van der Waals surface area contributed by atoms with Crippen molar-refractivity contribution in [2.24, 2.45) is 0 Å². The highest BCUT2D eigenvalue weighted by atomic mass is 16.6. The summed E-state index contributed by atoms with van der Waals surface area (Å²) in [5.41, 5.74) is 7.55. The predicted molar refractivity (Wildman–Crippen MR) is 199 cm³/mol. The second kappa shape index (κ2) is 18.9. The Labute approximate surface area is 310 Å². The molecule has 0 amide bonds. The average molecular weight is 728 g/mol. The highest BCUT2D eigenvalue weighted by Gasteiger charge is 2.29. The second-order valence-electron chi connectivity index (χ2n) is 13.3. The SMILES string of the molecule is Cc1cc(CN(C)CCNC[C@H](O)[C@@H](O)[C@H](O)[C@H](O)CO)c(OCc2cccc(C#N)c2)cc1OCc1cccc(-c2ccc3c(c2)OCCO3)c1C. The van der Waals surface area contributed by atoms with Crippen molar-refractivity contribution in [3.8, 4) is 40.2 Å². The molecule has 0 saturated carbocycles. The van der Waals surface area contributed by atoms with Crippen molar-refractivity contribution in [1.29, 1.82) is 5.26 Å². The van der Waals surface area contributed by atoms with Gasteiger partial charge in [0.2, 0.25) is 0 Å². The van der Waals surface area contributed by atoms with Crippen LogP contribution in [-0.2, 0) is 19.8 Å². The van der Waals surface area contributed by atoms with E-state index >= 15 is 0 Å². The van der Waals surface area contributed by atoms with Crippen molar-refractivity contribution in [3.05, 3.63) is 106 Å². The molecule has 0 saturated heterocycles. The lowest BCUT2D eigenvalue weighted by molar-refractivity contribution is -0.113. The lowest BCUT2D eigenvalue weighted by atomic mass is 9.96. The first-order chi connectivity index (χ1) is 25.6. The molecular weight excluding hydrogens is 678 g/mol. The Morgan fingerprint density at radius 2 is 1.57 bits per heavy atom. The quantitative estimate of drug-likeness (QED) is 0.0827. The number of benzene rings is 4. The molecule has 4 aromatic carbocycles. The molecular formula is C41H49N3O9. The van der Waals surface area contributed by atoms with Crippen molar-refractivity contribution >= 4 is 0 Å². The van der Waals surface area contributed by atoms with Crippen LogP contribution in [0, 0.1) is 25.2 Å². The van der Waals surface area contributed by atoms with E-state index in [2.05, 4.69) is 35.3 Å². The average Bonchev–Trinajstić information content (AvgIpc) is 3.18. The molecule has 0 bridgehead atoms. The molecule has 0 spiro atoms. The molecule has 6 N–H and O–H groups in total. The van der Waals surface area contributed by atoms with Crippen molar-refractivity contribution in [2.45, 2.75) is 58.0 Å². The van der Waals surface area contributed by atoms with E-state index in [1.165, 1.54) is 0 Å². The summed E-state index contributed by atoms with van der Waals surface area (Å²) in [6.45, 7) is 6.55. The van der Waals surface area contributed by atoms with Gasteiger partial charge in [0, 0.05) is 37.8 Å². The Morgan fingerprint density at radius 1 is 0.830 bits per heavy atom. The van der Waals surface area contributed by atoms with Gasteiger partial charge in [-0.15, -0.1) is 0 Å². The van der Waals surface area contributed by atoms with Crippen molar-refractivity contribution in [2.75, 3.05) is 46.5 Å². The monoisotopic (exact) mass is 727 g/mol. The molecule has 12 nitrogen and oxygen atoms in total. The van der Waals surface area contributed by atoms with E-state index < -0.39 is 31.0 Å². The third kappa shape index (κ3) is 10.5. The van der Waals surface area contributed by atoms with Crippen LogP contribution in [0.5, 0.6) is 23.0 Å². The van der Waals surface area contributed by atoms with Crippen LogP contribution in [0.1, 0.15) is 33.4 Å². The molecule has 4 atom stereocenters. The minimum absolute atomic E-state index is 0.0233. The van der Waals surface area contributed by atoms with E-state index in [1.54, 1.807) is 12.1 Å². The molecule has 5 rings (SSSR count). The minimum Gasteiger partial charge on any atom is -0.488 e. The number of ether oxygens (including phenoxy) is 4. The molecule has 4 aromatic rings. The fourth-order valence-corrected chi connectivity index (χ4v) is 6.13. The standard InChI is InChI=1S/C41H49N3O9/c1-26-16-32(22-44(3)13-12-43-21-34(46)40(48)41(49)35(47)23-45)38(52-24-29-7-4-6-28(17-29)20-42)19-37(26)53-25-31-8-5-9-33(27(31)2)30-10-11-36-39(18-30)51-15-14-50-36/h4-11,16-19,34-35,40-41,43,45-49H,12-15,21-25H2,1-3H3/t34-,35+,40+,41+/m0/s1. The molecule has 0 unspecified atom stereocenters. The van der Waals surface area contributed by atoms with E-state index in [9.17, 15) is 25.7 Å². The first kappa shape index (κ1) is 39.5. The first-order valence-corrected chi connectivity index (χ1v) is 17.7. The third-order valence-corrected chi connectivity index (χ3v) is 9.28. The van der Waals surface area contributed by atoms with Gasteiger partial charge in [-0.05, 0) is 84.6 Å². The van der Waals surface area contributed by atoms with Gasteiger partial charge in [0.25, 0.3) is 0 Å². The molecule has 53 heavy (non-hydrogen) atoms. The summed E-state index contributed by atoms with van der Waals surface area (Å²) >= 11 is 0. The van der Waals surface area contributed by atoms with Crippen LogP contribution < -0.4 is 24.3 Å². The zero-order chi connectivity index (χ0) is 37.9. The Balaban J connectivity index is 1.27. The number of hydrogen-bond acceptors (Lipinski definition) is 12. The van der Waals surface area contributed by atoms with Gasteiger partial charge >= 0.3 is 0 Å². The van der Waals surface area contributed by atoms with Gasteiger partial charge in [-0.3, -0.25) is 0 Å². The maximum absolute atomic E-state index is 10.2. The summed E-state index contributed by atoms with van der Waals surface area (Å²) in [4.78, 5) is 2.07. The second-order valence-corrected chi connectivity index (χ2v) is 13.3. The molecule has 0 radical (unpaired) electrons. The number of rotatable bonds is 18. The summed E-state index contributed by atoms with van der Waals surface area (Å²) in [5.74, 6) is 2.82. The Hall–Kier alpha value is -4.71. The topological polar surface area (TPSA) is 177 Å². The number of nitrogens with one attached hydrogen (secondary N) is 1. The molecule has 0 aromatic heterocycles. The smallest absolute Gasteiger partial charge is 0.161 e. The molecule has 1 aliphatic rings. The number of nitriles is 1. The lowest BCUT2D eigenvalue weighted by Gasteiger charge is -2.26. The van der Waals surface area contributed by atoms with Gasteiger partial charge in [0.05, 0.1) is 24.3 Å². The zero-order valence-electron chi connectivity index (χ0n) is 30.4. The van der Waals surface area contributed by atoms with Gasteiger partial charge in [0.1, 0.15) is 56.2 Å². The maximum atomic E-state index is 10.2. The minimum atomic E-state index is -1.67. The number of aliphatic hydroxyl groups is 5. The van der Waals surface area contributed by atoms with E-state index in [0.717, 1.165) is 50.4 Å². The van der Waals surface area contributed by atoms with E-state index in [-0.39, 0.29) is 13.2 Å². The summed E-state index contributed by atoms with van der Waals surface area (Å²) in [6, 6.07) is 25.6. The molecule has 0 fully saturated rings. The van der Waals surface area contributed by atoms with Crippen LogP contribution in [0.25, 0.3) is 11.1 Å². The lowest BCUT2D eigenvalue weighted by Crippen LogP contribution is -2.49. The normalized spacial score (nSPS) is 14.6. The number of fused-ring (bicyclic) bond motifs is 1. The van der Waals surface area contributed by atoms with Crippen molar-refractivity contribution in [1.82, 2.24) is 10.2 Å². The Morgan fingerprint density at radius 3 is 2.34 bits per heavy atom. The number of aliphatic hydroxyl groups excluding tert-OH is 5. The summed E-state index contributed by atoms with van der Waals surface area (Å²) in [5, 5.41) is 61.1. The Kier molecular flexibility index (Phi) is 14.1. The first-order valence-electron chi connectivity index (χ1n) is 17.7. The molecule has 1 heterocycles. The number of likely N-dealkylation sites (N-methyl/N-ethyl adjacent to an activating group) is 1. The molecule has 12 heteroatoms. The van der Waals surface area contributed by atoms with Crippen LogP contribution in [0.15, 0.2) is 72.8 Å². The summed E-state index contributed by atoms with van der Waals surface area (Å²) in [6.07, 6.45) is -6.18. The zero-order valence-corrected chi connectivity index (χ0v) is 30.4. The maximum Gasteiger partial charge on any atom is 0.161 e. The highest BCUT2D eigenvalue weighted by Crippen LogP contribution is 2.37. The number of hydrogen-bond donors (Lipinski definition) is 6.